The molecule has 1 aromatic carbocycles. The average Bonchev–Trinajstić information content (AvgIpc) is 2.74. The predicted molar refractivity (Wildman–Crippen MR) is 80.9 cm³/mol. The predicted octanol–water partition coefficient (Wildman–Crippen LogP) is 3.90. The van der Waals surface area contributed by atoms with Crippen molar-refractivity contribution in [1.82, 2.24) is 4.98 Å². The molecule has 2 rings (SSSR count). The number of aromatic carboxylic acids is 1. The number of nitrogens with one attached hydrogen (secondary N) is 2. The number of urea groups is 1. The zero-order valence-corrected chi connectivity index (χ0v) is 12.8. The van der Waals surface area contributed by atoms with Gasteiger partial charge in [-0.25, -0.2) is 14.6 Å². The third-order valence-corrected chi connectivity index (χ3v) is 3.78. The summed E-state index contributed by atoms with van der Waals surface area (Å²) in [4.78, 5) is 26.7. The Morgan fingerprint density at radius 3 is 2.70 bits per heavy atom. The second-order valence-electron chi connectivity index (χ2n) is 3.54. The van der Waals surface area contributed by atoms with Gasteiger partial charge in [0.05, 0.1) is 21.2 Å². The van der Waals surface area contributed by atoms with E-state index in [-0.39, 0.29) is 11.3 Å². The second-order valence-corrected chi connectivity index (χ2v) is 6.39. The molecule has 0 aliphatic rings. The van der Waals surface area contributed by atoms with E-state index in [0.29, 0.717) is 10.2 Å². The minimum Gasteiger partial charge on any atom is -0.478 e. The van der Waals surface area contributed by atoms with Crippen LogP contribution in [0.25, 0.3) is 0 Å². The Morgan fingerprint density at radius 2 is 2.10 bits per heavy atom. The van der Waals surface area contributed by atoms with Gasteiger partial charge in [-0.15, -0.1) is 0 Å². The minimum absolute atomic E-state index is 0.0510. The molecule has 0 saturated carbocycles. The zero-order chi connectivity index (χ0) is 14.7. The summed E-state index contributed by atoms with van der Waals surface area (Å²) in [5.41, 5.74) is 0.0583. The molecule has 20 heavy (non-hydrogen) atoms. The van der Waals surface area contributed by atoms with Crippen molar-refractivity contribution in [3.63, 3.8) is 0 Å². The Morgan fingerprint density at radius 1 is 1.35 bits per heavy atom. The first-order valence-electron chi connectivity index (χ1n) is 5.18. The lowest BCUT2D eigenvalue weighted by atomic mass is 10.2. The van der Waals surface area contributed by atoms with E-state index in [9.17, 15) is 9.59 Å². The van der Waals surface area contributed by atoms with Crippen molar-refractivity contribution >= 4 is 61.7 Å². The molecule has 0 saturated heterocycles. The largest absolute Gasteiger partial charge is 0.478 e. The summed E-state index contributed by atoms with van der Waals surface area (Å²) in [7, 11) is 0. The molecular weight excluding hydrogens is 370 g/mol. The van der Waals surface area contributed by atoms with Gasteiger partial charge in [-0.2, -0.15) is 0 Å². The van der Waals surface area contributed by atoms with Crippen LogP contribution in [0.1, 0.15) is 10.4 Å². The summed E-state index contributed by atoms with van der Waals surface area (Å²) >= 11 is 10.2. The number of nitrogens with zero attached hydrogens (tertiary/aromatic N) is 1. The first-order valence-corrected chi connectivity index (χ1v) is 7.16. The number of halogens is 2. The number of carbonyl (C=O) groups excluding carboxylic acids is 1. The van der Waals surface area contributed by atoms with E-state index in [2.05, 4.69) is 31.5 Å². The molecule has 2 aromatic rings. The van der Waals surface area contributed by atoms with Crippen LogP contribution in [-0.2, 0) is 0 Å². The number of benzene rings is 1. The third kappa shape index (κ3) is 3.69. The summed E-state index contributed by atoms with van der Waals surface area (Å²) in [6, 6.07) is 3.52. The Bertz CT molecular complexity index is 677. The van der Waals surface area contributed by atoms with E-state index < -0.39 is 12.0 Å². The maximum atomic E-state index is 11.8. The van der Waals surface area contributed by atoms with Crippen LogP contribution >= 0.6 is 38.9 Å². The van der Waals surface area contributed by atoms with Gasteiger partial charge in [-0.3, -0.25) is 5.32 Å². The molecule has 0 atom stereocenters. The lowest BCUT2D eigenvalue weighted by Crippen LogP contribution is -2.20. The topological polar surface area (TPSA) is 91.3 Å². The van der Waals surface area contributed by atoms with Crippen LogP contribution in [0.3, 0.4) is 0 Å². The maximum absolute atomic E-state index is 11.8. The highest BCUT2D eigenvalue weighted by atomic mass is 79.9. The lowest BCUT2D eigenvalue weighted by Gasteiger charge is -2.08. The fourth-order valence-corrected chi connectivity index (χ4v) is 2.64. The second kappa shape index (κ2) is 6.21. The summed E-state index contributed by atoms with van der Waals surface area (Å²) in [6.07, 6.45) is 1.54. The van der Waals surface area contributed by atoms with Crippen LogP contribution in [0.15, 0.2) is 28.2 Å². The van der Waals surface area contributed by atoms with Crippen molar-refractivity contribution < 1.29 is 14.7 Å². The Kier molecular flexibility index (Phi) is 4.58. The Labute approximate surface area is 130 Å². The van der Waals surface area contributed by atoms with E-state index in [4.69, 9.17) is 16.7 Å². The van der Waals surface area contributed by atoms with Crippen LogP contribution in [0.2, 0.25) is 5.02 Å². The van der Waals surface area contributed by atoms with Gasteiger partial charge < -0.3 is 10.4 Å². The minimum atomic E-state index is -1.16. The number of amides is 2. The van der Waals surface area contributed by atoms with Crippen LogP contribution in [-0.4, -0.2) is 22.1 Å². The highest BCUT2D eigenvalue weighted by Crippen LogP contribution is 2.24. The molecule has 0 fully saturated rings. The highest BCUT2D eigenvalue weighted by Gasteiger charge is 2.13. The normalized spacial score (nSPS) is 10.1. The number of hydrogen-bond donors (Lipinski definition) is 3. The van der Waals surface area contributed by atoms with Crippen molar-refractivity contribution in [3.05, 3.63) is 38.8 Å². The van der Waals surface area contributed by atoms with Crippen molar-refractivity contribution in [2.75, 3.05) is 10.6 Å². The first kappa shape index (κ1) is 14.8. The zero-order valence-electron chi connectivity index (χ0n) is 9.68. The van der Waals surface area contributed by atoms with Gasteiger partial charge in [0.1, 0.15) is 0 Å². The van der Waals surface area contributed by atoms with E-state index in [1.807, 2.05) is 0 Å². The summed E-state index contributed by atoms with van der Waals surface area (Å²) in [6.45, 7) is 0. The molecule has 0 aliphatic heterocycles. The van der Waals surface area contributed by atoms with E-state index in [0.717, 1.165) is 3.79 Å². The van der Waals surface area contributed by atoms with Gasteiger partial charge in [-0.05, 0) is 34.1 Å². The van der Waals surface area contributed by atoms with Crippen molar-refractivity contribution in [3.8, 4) is 0 Å². The highest BCUT2D eigenvalue weighted by molar-refractivity contribution is 9.11. The number of carbonyl (C=O) groups is 2. The molecule has 0 spiro atoms. The van der Waals surface area contributed by atoms with E-state index in [1.165, 1.54) is 29.5 Å². The molecule has 9 heteroatoms. The number of carboxylic acid groups (broad SMARTS) is 1. The molecule has 0 radical (unpaired) electrons. The van der Waals surface area contributed by atoms with Crippen LogP contribution < -0.4 is 10.6 Å². The number of anilines is 2. The molecular formula is C11H7BrClN3O3S. The van der Waals surface area contributed by atoms with Gasteiger partial charge in [0.2, 0.25) is 0 Å². The molecule has 0 unspecified atom stereocenters. The number of carboxylic acids is 1. The SMILES string of the molecule is O=C(Nc1ncc(Br)s1)Nc1cc(Cl)ccc1C(=O)O. The molecule has 1 aromatic heterocycles. The maximum Gasteiger partial charge on any atom is 0.337 e. The monoisotopic (exact) mass is 375 g/mol. The quantitative estimate of drug-likeness (QED) is 0.757. The number of thiazole rings is 1. The molecule has 6 nitrogen and oxygen atoms in total. The van der Waals surface area contributed by atoms with Crippen molar-refractivity contribution in [2.24, 2.45) is 0 Å². The summed E-state index contributed by atoms with van der Waals surface area (Å²) < 4.78 is 0.766. The standard InChI is InChI=1S/C11H7BrClN3O3S/c12-8-4-14-11(20-8)16-10(19)15-7-3-5(13)1-2-6(7)9(17)18/h1-4H,(H,17,18)(H2,14,15,16,19). The van der Waals surface area contributed by atoms with Crippen LogP contribution in [0, 0.1) is 0 Å². The van der Waals surface area contributed by atoms with Gasteiger partial charge in [0.15, 0.2) is 5.13 Å². The molecule has 0 bridgehead atoms. The summed E-state index contributed by atoms with van der Waals surface area (Å²) in [5.74, 6) is -1.16. The van der Waals surface area contributed by atoms with Gasteiger partial charge in [0, 0.05) is 5.02 Å². The van der Waals surface area contributed by atoms with Gasteiger partial charge in [-0.1, -0.05) is 22.9 Å². The summed E-state index contributed by atoms with van der Waals surface area (Å²) in [5, 5.41) is 14.7. The van der Waals surface area contributed by atoms with Crippen LogP contribution in [0.5, 0.6) is 0 Å². The van der Waals surface area contributed by atoms with E-state index in [1.54, 1.807) is 6.20 Å². The van der Waals surface area contributed by atoms with Crippen LogP contribution in [0.4, 0.5) is 15.6 Å². The molecule has 0 aliphatic carbocycles. The third-order valence-electron chi connectivity index (χ3n) is 2.16. The molecule has 1 heterocycles. The number of rotatable bonds is 3. The first-order chi connectivity index (χ1) is 9.45. The number of aromatic nitrogens is 1. The van der Waals surface area contributed by atoms with Crippen molar-refractivity contribution in [2.45, 2.75) is 0 Å². The molecule has 2 amide bonds. The Hall–Kier alpha value is -1.64. The van der Waals surface area contributed by atoms with Gasteiger partial charge >= 0.3 is 12.0 Å². The average molecular weight is 377 g/mol. The Balaban J connectivity index is 2.15. The fraction of sp³-hybridized carbons (Fsp3) is 0. The van der Waals surface area contributed by atoms with E-state index >= 15 is 0 Å². The smallest absolute Gasteiger partial charge is 0.337 e. The number of hydrogen-bond acceptors (Lipinski definition) is 4. The van der Waals surface area contributed by atoms with Crippen molar-refractivity contribution in [1.29, 1.82) is 0 Å². The fourth-order valence-electron chi connectivity index (χ4n) is 1.37. The molecule has 104 valence electrons. The lowest BCUT2D eigenvalue weighted by molar-refractivity contribution is 0.0698. The van der Waals surface area contributed by atoms with Gasteiger partial charge in [0.25, 0.3) is 0 Å². The molecule has 3 N–H and O–H groups in total.